The van der Waals surface area contributed by atoms with Gasteiger partial charge in [0, 0.05) is 9.90 Å². The highest BCUT2D eigenvalue weighted by atomic mass is 35.5. The lowest BCUT2D eigenvalue weighted by molar-refractivity contribution is -0.137. The van der Waals surface area contributed by atoms with E-state index in [1.54, 1.807) is 17.5 Å². The van der Waals surface area contributed by atoms with Gasteiger partial charge in [0.15, 0.2) is 0 Å². The maximum atomic E-state index is 12.9. The minimum Gasteiger partial charge on any atom is -0.324 e. The van der Waals surface area contributed by atoms with Gasteiger partial charge in [-0.15, -0.1) is 11.3 Å². The zero-order valence-electron chi connectivity index (χ0n) is 10.4. The van der Waals surface area contributed by atoms with Crippen LogP contribution in [-0.4, -0.2) is 5.91 Å². The molecule has 8 heteroatoms. The molecule has 0 aliphatic heterocycles. The molecule has 21 heavy (non-hydrogen) atoms. The van der Waals surface area contributed by atoms with Gasteiger partial charge in [0.05, 0.1) is 11.3 Å². The molecular weight excluding hydrogens is 325 g/mol. The number of nitrogens with two attached hydrogens (primary N) is 1. The first-order valence-corrected chi connectivity index (χ1v) is 7.01. The molecule has 1 heterocycles. The second-order valence-corrected chi connectivity index (χ2v) is 5.59. The average molecular weight is 335 g/mol. The number of halogens is 4. The first-order chi connectivity index (χ1) is 9.79. The number of rotatable bonds is 3. The van der Waals surface area contributed by atoms with Crippen LogP contribution in [0.2, 0.25) is 5.02 Å². The lowest BCUT2D eigenvalue weighted by Crippen LogP contribution is -2.28. The maximum Gasteiger partial charge on any atom is 0.418 e. The van der Waals surface area contributed by atoms with Gasteiger partial charge < -0.3 is 11.1 Å². The van der Waals surface area contributed by atoms with E-state index < -0.39 is 23.7 Å². The zero-order chi connectivity index (χ0) is 15.6. The van der Waals surface area contributed by atoms with Gasteiger partial charge in [0.2, 0.25) is 5.91 Å². The van der Waals surface area contributed by atoms with Crippen LogP contribution in [0.1, 0.15) is 16.5 Å². The Morgan fingerprint density at radius 3 is 2.62 bits per heavy atom. The van der Waals surface area contributed by atoms with Crippen LogP contribution >= 0.6 is 22.9 Å². The molecule has 1 unspecified atom stereocenters. The highest BCUT2D eigenvalue weighted by molar-refractivity contribution is 7.10. The van der Waals surface area contributed by atoms with E-state index in [1.165, 1.54) is 17.4 Å². The van der Waals surface area contributed by atoms with E-state index in [0.717, 1.165) is 12.1 Å². The number of hydrogen-bond donors (Lipinski definition) is 2. The molecule has 3 N–H and O–H groups in total. The van der Waals surface area contributed by atoms with Gasteiger partial charge in [-0.05, 0) is 29.6 Å². The highest BCUT2D eigenvalue weighted by Crippen LogP contribution is 2.36. The molecule has 3 nitrogen and oxygen atoms in total. The molecule has 0 saturated heterocycles. The van der Waals surface area contributed by atoms with E-state index in [1.807, 2.05) is 0 Å². The van der Waals surface area contributed by atoms with E-state index in [0.29, 0.717) is 4.88 Å². The van der Waals surface area contributed by atoms with E-state index in [2.05, 4.69) is 5.32 Å². The number of carbonyl (C=O) groups excluding carboxylic acids is 1. The molecule has 0 spiro atoms. The molecule has 2 rings (SSSR count). The van der Waals surface area contributed by atoms with Crippen LogP contribution in [0, 0.1) is 0 Å². The molecule has 1 amide bonds. The molecule has 0 bridgehead atoms. The molecule has 2 aromatic rings. The summed E-state index contributed by atoms with van der Waals surface area (Å²) in [6.45, 7) is 0. The molecule has 1 aromatic carbocycles. The Kier molecular flexibility index (Phi) is 4.55. The summed E-state index contributed by atoms with van der Waals surface area (Å²) < 4.78 is 38.7. The fraction of sp³-hybridized carbons (Fsp3) is 0.154. The molecule has 112 valence electrons. The number of hydrogen-bond acceptors (Lipinski definition) is 3. The van der Waals surface area contributed by atoms with Gasteiger partial charge in [-0.2, -0.15) is 13.2 Å². The summed E-state index contributed by atoms with van der Waals surface area (Å²) in [4.78, 5) is 12.5. The van der Waals surface area contributed by atoms with Gasteiger partial charge in [-0.1, -0.05) is 17.7 Å². The van der Waals surface area contributed by atoms with Crippen molar-refractivity contribution in [3.8, 4) is 0 Å². The molecule has 0 saturated carbocycles. The van der Waals surface area contributed by atoms with Crippen molar-refractivity contribution >= 4 is 34.5 Å². The Hall–Kier alpha value is -1.57. The van der Waals surface area contributed by atoms with Crippen molar-refractivity contribution in [2.45, 2.75) is 12.2 Å². The van der Waals surface area contributed by atoms with Crippen LogP contribution in [0.25, 0.3) is 0 Å². The third kappa shape index (κ3) is 3.75. The predicted octanol–water partition coefficient (Wildman–Crippen LogP) is 4.06. The van der Waals surface area contributed by atoms with Crippen molar-refractivity contribution in [1.29, 1.82) is 0 Å². The summed E-state index contributed by atoms with van der Waals surface area (Å²) in [7, 11) is 0. The molecule has 1 atom stereocenters. The standard InChI is InChI=1S/C13H10ClF3N2OS/c14-7-3-4-9(8(6-7)13(15,16)17)19-12(20)11(18)10-2-1-5-21-10/h1-6,11H,18H2,(H,19,20). The van der Waals surface area contributed by atoms with Crippen molar-refractivity contribution in [3.63, 3.8) is 0 Å². The normalized spacial score (nSPS) is 13.0. The molecular formula is C13H10ClF3N2OS. The molecule has 0 aliphatic rings. The molecule has 0 aliphatic carbocycles. The lowest BCUT2D eigenvalue weighted by Gasteiger charge is -2.16. The number of amides is 1. The SMILES string of the molecule is NC(C(=O)Nc1ccc(Cl)cc1C(F)(F)F)c1cccs1. The van der Waals surface area contributed by atoms with Crippen molar-refractivity contribution in [2.24, 2.45) is 5.73 Å². The van der Waals surface area contributed by atoms with Crippen LogP contribution in [0.3, 0.4) is 0 Å². The second kappa shape index (κ2) is 6.05. The van der Waals surface area contributed by atoms with Crippen LogP contribution in [0.4, 0.5) is 18.9 Å². The monoisotopic (exact) mass is 334 g/mol. The Morgan fingerprint density at radius 1 is 1.33 bits per heavy atom. The van der Waals surface area contributed by atoms with Crippen LogP contribution < -0.4 is 11.1 Å². The summed E-state index contributed by atoms with van der Waals surface area (Å²) in [5, 5.41) is 3.86. The van der Waals surface area contributed by atoms with Crippen molar-refractivity contribution in [1.82, 2.24) is 0 Å². The van der Waals surface area contributed by atoms with E-state index >= 15 is 0 Å². The smallest absolute Gasteiger partial charge is 0.324 e. The Labute approximate surface area is 127 Å². The molecule has 0 radical (unpaired) electrons. The van der Waals surface area contributed by atoms with Gasteiger partial charge in [-0.25, -0.2) is 0 Å². The minimum absolute atomic E-state index is 0.0668. The van der Waals surface area contributed by atoms with E-state index in [-0.39, 0.29) is 10.7 Å². The predicted molar refractivity (Wildman–Crippen MR) is 76.3 cm³/mol. The summed E-state index contributed by atoms with van der Waals surface area (Å²) >= 11 is 6.82. The number of benzene rings is 1. The number of anilines is 1. The van der Waals surface area contributed by atoms with Crippen molar-refractivity contribution in [3.05, 3.63) is 51.2 Å². The van der Waals surface area contributed by atoms with Gasteiger partial charge >= 0.3 is 6.18 Å². The fourth-order valence-corrected chi connectivity index (χ4v) is 2.57. The number of nitrogens with one attached hydrogen (secondary N) is 1. The zero-order valence-corrected chi connectivity index (χ0v) is 12.0. The fourth-order valence-electron chi connectivity index (χ4n) is 1.67. The first-order valence-electron chi connectivity index (χ1n) is 5.75. The third-order valence-electron chi connectivity index (χ3n) is 2.68. The lowest BCUT2D eigenvalue weighted by atomic mass is 10.1. The van der Waals surface area contributed by atoms with Crippen LogP contribution in [0.5, 0.6) is 0 Å². The molecule has 0 fully saturated rings. The third-order valence-corrected chi connectivity index (χ3v) is 3.87. The Morgan fingerprint density at radius 2 is 2.05 bits per heavy atom. The summed E-state index contributed by atoms with van der Waals surface area (Å²) in [6, 6.07) is 5.45. The highest BCUT2D eigenvalue weighted by Gasteiger charge is 2.34. The van der Waals surface area contributed by atoms with Crippen molar-refractivity contribution in [2.75, 3.05) is 5.32 Å². The van der Waals surface area contributed by atoms with Crippen molar-refractivity contribution < 1.29 is 18.0 Å². The molecule has 1 aromatic heterocycles. The minimum atomic E-state index is -4.62. The Bertz CT molecular complexity index is 643. The maximum absolute atomic E-state index is 12.9. The average Bonchev–Trinajstić information content (AvgIpc) is 2.92. The summed E-state index contributed by atoms with van der Waals surface area (Å²) in [6.07, 6.45) is -4.62. The van der Waals surface area contributed by atoms with Crippen LogP contribution in [0.15, 0.2) is 35.7 Å². The van der Waals surface area contributed by atoms with Gasteiger partial charge in [-0.3, -0.25) is 4.79 Å². The van der Waals surface area contributed by atoms with E-state index in [4.69, 9.17) is 17.3 Å². The van der Waals surface area contributed by atoms with Gasteiger partial charge in [0.25, 0.3) is 0 Å². The summed E-state index contributed by atoms with van der Waals surface area (Å²) in [5.74, 6) is -0.717. The second-order valence-electron chi connectivity index (χ2n) is 4.17. The van der Waals surface area contributed by atoms with Gasteiger partial charge in [0.1, 0.15) is 6.04 Å². The number of alkyl halides is 3. The largest absolute Gasteiger partial charge is 0.418 e. The summed E-state index contributed by atoms with van der Waals surface area (Å²) in [5.41, 5.74) is 4.33. The Balaban J connectivity index is 2.25. The number of thiophene rings is 1. The quantitative estimate of drug-likeness (QED) is 0.889. The topological polar surface area (TPSA) is 55.1 Å². The van der Waals surface area contributed by atoms with Crippen LogP contribution in [-0.2, 0) is 11.0 Å². The van der Waals surface area contributed by atoms with E-state index in [9.17, 15) is 18.0 Å². The first kappa shape index (κ1) is 15.8. The number of carbonyl (C=O) groups is 1.